The smallest absolute Gasteiger partial charge is 0.119 e. The van der Waals surface area contributed by atoms with Crippen LogP contribution in [-0.2, 0) is 11.8 Å². The summed E-state index contributed by atoms with van der Waals surface area (Å²) < 4.78 is 0. The van der Waals surface area contributed by atoms with Crippen molar-refractivity contribution in [3.05, 3.63) is 29.3 Å². The van der Waals surface area contributed by atoms with Gasteiger partial charge in [0.1, 0.15) is 5.75 Å². The molecule has 0 heterocycles. The van der Waals surface area contributed by atoms with Crippen LogP contribution in [0, 0.1) is 5.41 Å². The van der Waals surface area contributed by atoms with Gasteiger partial charge in [0, 0.05) is 0 Å². The second kappa shape index (κ2) is 4.72. The fourth-order valence-corrected chi connectivity index (χ4v) is 1.97. The van der Waals surface area contributed by atoms with Crippen LogP contribution in [0.2, 0.25) is 0 Å². The van der Waals surface area contributed by atoms with Crippen molar-refractivity contribution < 1.29 is 5.11 Å². The summed E-state index contributed by atoms with van der Waals surface area (Å²) in [7, 11) is 0. The normalized spacial score (nSPS) is 12.8. The summed E-state index contributed by atoms with van der Waals surface area (Å²) in [5.41, 5.74) is 2.68. The minimum absolute atomic E-state index is 0.00352. The topological polar surface area (TPSA) is 20.2 Å². The van der Waals surface area contributed by atoms with E-state index in [2.05, 4.69) is 47.6 Å². The molecule has 1 rings (SSSR count). The first-order chi connectivity index (χ1) is 7.65. The molecule has 17 heavy (non-hydrogen) atoms. The van der Waals surface area contributed by atoms with Crippen LogP contribution in [0.3, 0.4) is 0 Å². The van der Waals surface area contributed by atoms with Gasteiger partial charge in [-0.25, -0.2) is 0 Å². The molecule has 1 aromatic carbocycles. The maximum absolute atomic E-state index is 9.93. The third kappa shape index (κ3) is 3.76. The van der Waals surface area contributed by atoms with Crippen LogP contribution < -0.4 is 0 Å². The molecule has 1 nitrogen and oxygen atoms in total. The second-order valence-electron chi connectivity index (χ2n) is 6.80. The molecule has 0 aromatic heterocycles. The van der Waals surface area contributed by atoms with Gasteiger partial charge in [-0.3, -0.25) is 0 Å². The van der Waals surface area contributed by atoms with Crippen molar-refractivity contribution in [1.29, 1.82) is 0 Å². The molecule has 0 aliphatic carbocycles. The highest BCUT2D eigenvalue weighted by Gasteiger charge is 2.21. The van der Waals surface area contributed by atoms with Gasteiger partial charge in [-0.2, -0.15) is 0 Å². The van der Waals surface area contributed by atoms with E-state index in [1.54, 1.807) is 0 Å². The van der Waals surface area contributed by atoms with Crippen molar-refractivity contribution in [1.82, 2.24) is 0 Å². The molecule has 1 heteroatoms. The van der Waals surface area contributed by atoms with E-state index in [-0.39, 0.29) is 5.41 Å². The molecule has 0 atom stereocenters. The van der Waals surface area contributed by atoms with Crippen LogP contribution in [0.5, 0.6) is 5.75 Å². The van der Waals surface area contributed by atoms with Crippen LogP contribution in [0.1, 0.15) is 59.1 Å². The van der Waals surface area contributed by atoms with Gasteiger partial charge >= 0.3 is 0 Å². The van der Waals surface area contributed by atoms with Gasteiger partial charge < -0.3 is 5.11 Å². The van der Waals surface area contributed by atoms with Gasteiger partial charge in [-0.15, -0.1) is 0 Å². The molecule has 0 aliphatic heterocycles. The Morgan fingerprint density at radius 3 is 2.12 bits per heavy atom. The molecule has 0 spiro atoms. The Bertz CT molecular complexity index is 383. The van der Waals surface area contributed by atoms with E-state index in [0.29, 0.717) is 11.2 Å². The zero-order valence-corrected chi connectivity index (χ0v) is 12.1. The van der Waals surface area contributed by atoms with Gasteiger partial charge in [0.05, 0.1) is 0 Å². The lowest BCUT2D eigenvalue weighted by atomic mass is 9.80. The van der Waals surface area contributed by atoms with E-state index in [0.717, 1.165) is 12.0 Å². The lowest BCUT2D eigenvalue weighted by Crippen LogP contribution is -2.15. The Hall–Kier alpha value is -0.980. The summed E-state index contributed by atoms with van der Waals surface area (Å²) in [5.74, 6) is 0.413. The number of phenols is 1. The van der Waals surface area contributed by atoms with Crippen LogP contribution in [0.25, 0.3) is 0 Å². The van der Waals surface area contributed by atoms with E-state index in [4.69, 9.17) is 0 Å². The number of benzene rings is 1. The first kappa shape index (κ1) is 14.1. The van der Waals surface area contributed by atoms with Crippen molar-refractivity contribution in [2.75, 3.05) is 0 Å². The van der Waals surface area contributed by atoms with E-state index < -0.39 is 0 Å². The minimum atomic E-state index is -0.00352. The Balaban J connectivity index is 3.06. The molecule has 0 amide bonds. The summed E-state index contributed by atoms with van der Waals surface area (Å²) >= 11 is 0. The van der Waals surface area contributed by atoms with Crippen LogP contribution in [-0.4, -0.2) is 5.11 Å². The highest BCUT2D eigenvalue weighted by atomic mass is 16.3. The van der Waals surface area contributed by atoms with Gasteiger partial charge in [-0.05, 0) is 34.4 Å². The molecule has 1 aromatic rings. The van der Waals surface area contributed by atoms with E-state index >= 15 is 0 Å². The maximum atomic E-state index is 9.93. The van der Waals surface area contributed by atoms with E-state index in [1.807, 2.05) is 12.1 Å². The van der Waals surface area contributed by atoms with Gasteiger partial charge in [0.25, 0.3) is 0 Å². The monoisotopic (exact) mass is 234 g/mol. The SMILES string of the molecule is CCC(C)(C)Cc1ccc(O)c(C(C)(C)C)c1. The van der Waals surface area contributed by atoms with Gasteiger partial charge in [0.2, 0.25) is 0 Å². The summed E-state index contributed by atoms with van der Waals surface area (Å²) in [5, 5.41) is 9.93. The first-order valence-corrected chi connectivity index (χ1v) is 6.48. The second-order valence-corrected chi connectivity index (χ2v) is 6.80. The average molecular weight is 234 g/mol. The van der Waals surface area contributed by atoms with Crippen molar-refractivity contribution in [3.63, 3.8) is 0 Å². The Morgan fingerprint density at radius 1 is 1.06 bits per heavy atom. The average Bonchev–Trinajstić information content (AvgIpc) is 2.19. The molecular formula is C16H26O. The lowest BCUT2D eigenvalue weighted by Gasteiger charge is -2.25. The number of hydrogen-bond acceptors (Lipinski definition) is 1. The Labute approximate surface area is 106 Å². The van der Waals surface area contributed by atoms with Crippen molar-refractivity contribution >= 4 is 0 Å². The largest absolute Gasteiger partial charge is 0.508 e. The zero-order valence-electron chi connectivity index (χ0n) is 12.1. The lowest BCUT2D eigenvalue weighted by molar-refractivity contribution is 0.348. The highest BCUT2D eigenvalue weighted by Crippen LogP contribution is 2.33. The van der Waals surface area contributed by atoms with Gasteiger partial charge in [-0.1, -0.05) is 60.1 Å². The van der Waals surface area contributed by atoms with Crippen molar-refractivity contribution in [3.8, 4) is 5.75 Å². The van der Waals surface area contributed by atoms with Crippen molar-refractivity contribution in [2.45, 2.75) is 59.8 Å². The maximum Gasteiger partial charge on any atom is 0.119 e. The molecule has 0 saturated heterocycles. The third-order valence-electron chi connectivity index (χ3n) is 3.51. The number of phenolic OH excluding ortho intramolecular Hbond substituents is 1. The first-order valence-electron chi connectivity index (χ1n) is 6.48. The molecule has 0 saturated carbocycles. The molecule has 0 aliphatic rings. The zero-order chi connectivity index (χ0) is 13.3. The summed E-state index contributed by atoms with van der Waals surface area (Å²) in [6.45, 7) is 13.2. The minimum Gasteiger partial charge on any atom is -0.508 e. The predicted octanol–water partition coefficient (Wildman–Crippen LogP) is 4.67. The predicted molar refractivity (Wildman–Crippen MR) is 74.6 cm³/mol. The van der Waals surface area contributed by atoms with Crippen LogP contribution in [0.4, 0.5) is 0 Å². The Kier molecular flexibility index (Phi) is 3.91. The molecule has 96 valence electrons. The number of hydrogen-bond donors (Lipinski definition) is 1. The summed E-state index contributed by atoms with van der Waals surface area (Å²) in [4.78, 5) is 0. The van der Waals surface area contributed by atoms with Crippen molar-refractivity contribution in [2.24, 2.45) is 5.41 Å². The molecule has 0 fully saturated rings. The molecule has 0 radical (unpaired) electrons. The van der Waals surface area contributed by atoms with E-state index in [1.165, 1.54) is 12.0 Å². The molecule has 0 bridgehead atoms. The number of rotatable bonds is 3. The molecule has 0 unspecified atom stereocenters. The fraction of sp³-hybridized carbons (Fsp3) is 0.625. The standard InChI is InChI=1S/C16H26O/c1-7-16(5,6)11-12-8-9-14(17)13(10-12)15(2,3)4/h8-10,17H,7,11H2,1-6H3. The third-order valence-corrected chi connectivity index (χ3v) is 3.51. The Morgan fingerprint density at radius 2 is 1.65 bits per heavy atom. The summed E-state index contributed by atoms with van der Waals surface area (Å²) in [6.07, 6.45) is 2.23. The fourth-order valence-electron chi connectivity index (χ4n) is 1.97. The van der Waals surface area contributed by atoms with Crippen LogP contribution in [0.15, 0.2) is 18.2 Å². The van der Waals surface area contributed by atoms with E-state index in [9.17, 15) is 5.11 Å². The molecule has 1 N–H and O–H groups in total. The molecular weight excluding hydrogens is 208 g/mol. The van der Waals surface area contributed by atoms with Gasteiger partial charge in [0.15, 0.2) is 0 Å². The number of aromatic hydroxyl groups is 1. The quantitative estimate of drug-likeness (QED) is 0.806. The summed E-state index contributed by atoms with van der Waals surface area (Å²) in [6, 6.07) is 6.04. The highest BCUT2D eigenvalue weighted by molar-refractivity contribution is 5.40. The van der Waals surface area contributed by atoms with Crippen LogP contribution >= 0.6 is 0 Å².